The second-order valence-corrected chi connectivity index (χ2v) is 4.24. The van der Waals surface area contributed by atoms with E-state index < -0.39 is 6.36 Å². The summed E-state index contributed by atoms with van der Waals surface area (Å²) >= 11 is 0. The van der Waals surface area contributed by atoms with Crippen LogP contribution in [0.5, 0.6) is 5.75 Å². The molecule has 2 rings (SSSR count). The largest absolute Gasteiger partial charge is 0.573 e. The third kappa shape index (κ3) is 2.89. The summed E-state index contributed by atoms with van der Waals surface area (Å²) in [5.74, 6) is -0.226. The lowest BCUT2D eigenvalue weighted by molar-refractivity contribution is -0.274. The number of nitrogens with zero attached hydrogens (tertiary/aromatic N) is 2. The fraction of sp³-hybridized carbons (Fsp3) is 0.308. The molecule has 0 atom stereocenters. The van der Waals surface area contributed by atoms with Gasteiger partial charge in [-0.1, -0.05) is 12.1 Å². The Hall–Kier alpha value is -1.98. The zero-order valence-electron chi connectivity index (χ0n) is 10.7. The van der Waals surface area contributed by atoms with Crippen molar-refractivity contribution in [3.05, 3.63) is 35.7 Å². The van der Waals surface area contributed by atoms with E-state index in [0.29, 0.717) is 0 Å². The van der Waals surface area contributed by atoms with E-state index in [1.165, 1.54) is 12.1 Å². The molecule has 0 radical (unpaired) electrons. The van der Waals surface area contributed by atoms with Crippen molar-refractivity contribution in [2.75, 3.05) is 0 Å². The van der Waals surface area contributed by atoms with Crippen LogP contribution in [-0.4, -0.2) is 16.1 Å². The normalized spacial score (nSPS) is 11.7. The van der Waals surface area contributed by atoms with Gasteiger partial charge in [0.2, 0.25) is 0 Å². The average molecular weight is 270 g/mol. The van der Waals surface area contributed by atoms with E-state index in [2.05, 4.69) is 9.84 Å². The molecule has 1 heterocycles. The number of halogens is 3. The summed E-state index contributed by atoms with van der Waals surface area (Å²) in [6, 6.07) is 5.79. The summed E-state index contributed by atoms with van der Waals surface area (Å²) in [6.07, 6.45) is -4.67. The van der Waals surface area contributed by atoms with Crippen molar-refractivity contribution >= 4 is 0 Å². The fourth-order valence-electron chi connectivity index (χ4n) is 2.01. The minimum Gasteiger partial charge on any atom is -0.406 e. The Balaban J connectivity index is 2.33. The summed E-state index contributed by atoms with van der Waals surface area (Å²) in [6.45, 7) is 3.78. The Morgan fingerprint density at radius 1 is 1.11 bits per heavy atom. The zero-order chi connectivity index (χ0) is 14.2. The first-order valence-corrected chi connectivity index (χ1v) is 5.64. The summed E-state index contributed by atoms with van der Waals surface area (Å²) in [7, 11) is 1.83. The maximum atomic E-state index is 12.1. The molecular formula is C13H13F3N2O. The van der Waals surface area contributed by atoms with Crippen LogP contribution in [0.15, 0.2) is 24.3 Å². The molecule has 6 heteroatoms. The van der Waals surface area contributed by atoms with E-state index in [4.69, 9.17) is 0 Å². The van der Waals surface area contributed by atoms with Gasteiger partial charge in [-0.05, 0) is 31.5 Å². The van der Waals surface area contributed by atoms with Crippen molar-refractivity contribution < 1.29 is 17.9 Å². The molecule has 2 aromatic rings. The summed E-state index contributed by atoms with van der Waals surface area (Å²) in [5.41, 5.74) is 3.55. The second kappa shape index (κ2) is 4.60. The highest BCUT2D eigenvalue weighted by Gasteiger charge is 2.31. The molecule has 0 aliphatic heterocycles. The summed E-state index contributed by atoms with van der Waals surface area (Å²) in [4.78, 5) is 0. The highest BCUT2D eigenvalue weighted by atomic mass is 19.4. The molecule has 0 bridgehead atoms. The van der Waals surface area contributed by atoms with Crippen LogP contribution in [0.25, 0.3) is 11.1 Å². The summed E-state index contributed by atoms with van der Waals surface area (Å²) in [5, 5.41) is 4.27. The molecule has 0 fully saturated rings. The minimum atomic E-state index is -4.67. The van der Waals surface area contributed by atoms with Gasteiger partial charge in [0, 0.05) is 18.3 Å². The van der Waals surface area contributed by atoms with Gasteiger partial charge >= 0.3 is 6.36 Å². The molecule has 102 valence electrons. The van der Waals surface area contributed by atoms with E-state index in [9.17, 15) is 13.2 Å². The molecule has 0 N–H and O–H groups in total. The number of rotatable bonds is 2. The van der Waals surface area contributed by atoms with Crippen molar-refractivity contribution in [1.82, 2.24) is 9.78 Å². The third-order valence-corrected chi connectivity index (χ3v) is 2.89. The smallest absolute Gasteiger partial charge is 0.406 e. The van der Waals surface area contributed by atoms with E-state index in [1.807, 2.05) is 20.9 Å². The van der Waals surface area contributed by atoms with E-state index in [-0.39, 0.29) is 5.75 Å². The number of hydrogen-bond acceptors (Lipinski definition) is 2. The number of benzene rings is 1. The topological polar surface area (TPSA) is 27.1 Å². The Morgan fingerprint density at radius 2 is 1.68 bits per heavy atom. The van der Waals surface area contributed by atoms with Gasteiger partial charge in [0.15, 0.2) is 0 Å². The molecular weight excluding hydrogens is 257 g/mol. The lowest BCUT2D eigenvalue weighted by Gasteiger charge is -2.09. The first kappa shape index (κ1) is 13.5. The van der Waals surface area contributed by atoms with Gasteiger partial charge in [-0.2, -0.15) is 5.10 Å². The van der Waals surface area contributed by atoms with Crippen LogP contribution >= 0.6 is 0 Å². The standard InChI is InChI=1S/C13H13F3N2O/c1-8-12(9(2)18(3)17-8)10-4-6-11(7-5-10)19-13(14,15)16/h4-7H,1-3H3. The predicted octanol–water partition coefficient (Wildman–Crippen LogP) is 3.60. The maximum Gasteiger partial charge on any atom is 0.573 e. The minimum absolute atomic E-state index is 0.226. The van der Waals surface area contributed by atoms with Gasteiger partial charge in [-0.25, -0.2) is 0 Å². The van der Waals surface area contributed by atoms with E-state index in [0.717, 1.165) is 22.5 Å². The van der Waals surface area contributed by atoms with E-state index >= 15 is 0 Å². The van der Waals surface area contributed by atoms with Gasteiger partial charge in [0.25, 0.3) is 0 Å². The monoisotopic (exact) mass is 270 g/mol. The van der Waals surface area contributed by atoms with Crippen LogP contribution in [0, 0.1) is 13.8 Å². The highest BCUT2D eigenvalue weighted by molar-refractivity contribution is 5.69. The van der Waals surface area contributed by atoms with Gasteiger partial charge in [-0.15, -0.1) is 13.2 Å². The quantitative estimate of drug-likeness (QED) is 0.833. The van der Waals surface area contributed by atoms with Crippen LogP contribution < -0.4 is 4.74 Å². The molecule has 0 saturated carbocycles. The first-order chi connectivity index (χ1) is 8.78. The number of aryl methyl sites for hydroxylation is 2. The van der Waals surface area contributed by atoms with Crippen LogP contribution in [0.2, 0.25) is 0 Å². The third-order valence-electron chi connectivity index (χ3n) is 2.89. The van der Waals surface area contributed by atoms with Gasteiger partial charge in [-0.3, -0.25) is 4.68 Å². The van der Waals surface area contributed by atoms with Crippen molar-refractivity contribution in [2.45, 2.75) is 20.2 Å². The average Bonchev–Trinajstić information content (AvgIpc) is 2.53. The SMILES string of the molecule is Cc1nn(C)c(C)c1-c1ccc(OC(F)(F)F)cc1. The fourth-order valence-corrected chi connectivity index (χ4v) is 2.01. The molecule has 0 unspecified atom stereocenters. The number of hydrogen-bond donors (Lipinski definition) is 0. The molecule has 19 heavy (non-hydrogen) atoms. The Kier molecular flexibility index (Phi) is 3.26. The van der Waals surface area contributed by atoms with E-state index in [1.54, 1.807) is 16.8 Å². The Bertz CT molecular complexity index is 585. The number of ether oxygens (including phenoxy) is 1. The molecule has 0 saturated heterocycles. The molecule has 3 nitrogen and oxygen atoms in total. The zero-order valence-corrected chi connectivity index (χ0v) is 10.7. The summed E-state index contributed by atoms with van der Waals surface area (Å²) < 4.78 is 41.8. The van der Waals surface area contributed by atoms with Crippen LogP contribution in [-0.2, 0) is 7.05 Å². The molecule has 1 aromatic carbocycles. The Labute approximate surface area is 108 Å². The lowest BCUT2D eigenvalue weighted by atomic mass is 10.0. The van der Waals surface area contributed by atoms with Crippen molar-refractivity contribution in [3.8, 4) is 16.9 Å². The van der Waals surface area contributed by atoms with Crippen LogP contribution in [0.3, 0.4) is 0 Å². The highest BCUT2D eigenvalue weighted by Crippen LogP contribution is 2.29. The van der Waals surface area contributed by atoms with Crippen molar-refractivity contribution in [2.24, 2.45) is 7.05 Å². The maximum absolute atomic E-state index is 12.1. The molecule has 0 spiro atoms. The van der Waals surface area contributed by atoms with Crippen LogP contribution in [0.1, 0.15) is 11.4 Å². The van der Waals surface area contributed by atoms with Gasteiger partial charge in [0.05, 0.1) is 5.69 Å². The lowest BCUT2D eigenvalue weighted by Crippen LogP contribution is -2.16. The van der Waals surface area contributed by atoms with Gasteiger partial charge in [0.1, 0.15) is 5.75 Å². The number of aromatic nitrogens is 2. The molecule has 0 aliphatic rings. The molecule has 0 aliphatic carbocycles. The Morgan fingerprint density at radius 3 is 2.11 bits per heavy atom. The van der Waals surface area contributed by atoms with Crippen molar-refractivity contribution in [3.63, 3.8) is 0 Å². The second-order valence-electron chi connectivity index (χ2n) is 4.24. The predicted molar refractivity (Wildman–Crippen MR) is 64.8 cm³/mol. The van der Waals surface area contributed by atoms with Gasteiger partial charge < -0.3 is 4.74 Å². The van der Waals surface area contributed by atoms with Crippen LogP contribution in [0.4, 0.5) is 13.2 Å². The first-order valence-electron chi connectivity index (χ1n) is 5.64. The molecule has 1 aromatic heterocycles. The molecule has 0 amide bonds. The number of alkyl halides is 3. The van der Waals surface area contributed by atoms with Crippen molar-refractivity contribution in [1.29, 1.82) is 0 Å².